The number of nitrogens with zero attached hydrogens (tertiary/aromatic N) is 1. The number of rotatable bonds is 7. The van der Waals surface area contributed by atoms with Gasteiger partial charge in [0, 0.05) is 22.6 Å². The molecular weight excluding hydrogens is 710 g/mol. The number of hydrogen-bond donors (Lipinski definition) is 0. The third-order valence-corrected chi connectivity index (χ3v) is 10.1. The summed E-state index contributed by atoms with van der Waals surface area (Å²) in [4.78, 5) is 1.84. The molecule has 0 amide bonds. The first-order chi connectivity index (χ1) is 28.2. The van der Waals surface area contributed by atoms with Crippen molar-refractivity contribution in [3.8, 4) is 22.3 Å². The maximum atomic E-state index is 16.6. The number of anilines is 3. The van der Waals surface area contributed by atoms with Crippen LogP contribution in [-0.4, -0.2) is 0 Å². The summed E-state index contributed by atoms with van der Waals surface area (Å²) in [5, 5.41) is 3.96. The topological polar surface area (TPSA) is 3.24 Å². The number of para-hydroxylation sites is 1. The fourth-order valence-electron chi connectivity index (χ4n) is 7.54. The summed E-state index contributed by atoms with van der Waals surface area (Å²) in [6, 6.07) is 47.4. The van der Waals surface area contributed by atoms with Crippen LogP contribution in [0.15, 0.2) is 170 Å². The van der Waals surface area contributed by atoms with Gasteiger partial charge < -0.3 is 4.90 Å². The Balaban J connectivity index is 1.18. The first kappa shape index (κ1) is 32.4. The van der Waals surface area contributed by atoms with E-state index >= 15 is 17.6 Å². The molecule has 0 N–H and O–H groups in total. The van der Waals surface area contributed by atoms with E-state index in [2.05, 4.69) is 0 Å². The summed E-state index contributed by atoms with van der Waals surface area (Å²) in [5.41, 5.74) is 1.54. The SMILES string of the molecule is [2H]/C(=C(/[2H])c1c(F)c(F)c(-c2c3ccccc3c(-c3cccc4ccccc34)c3ccccc23)c(F)c1F)c1ccc(N(c2ccccc2)c2ccc(F)cc2)cc1. The Kier molecular flexibility index (Phi) is 8.27. The number of benzene rings is 9. The minimum atomic E-state index is -1.78. The van der Waals surface area contributed by atoms with E-state index in [1.165, 1.54) is 24.3 Å². The van der Waals surface area contributed by atoms with Gasteiger partial charge in [0.2, 0.25) is 0 Å². The summed E-state index contributed by atoms with van der Waals surface area (Å²) < 4.78 is 97.2. The summed E-state index contributed by atoms with van der Waals surface area (Å²) in [6.07, 6.45) is 0. The summed E-state index contributed by atoms with van der Waals surface area (Å²) in [7, 11) is 0. The van der Waals surface area contributed by atoms with Crippen molar-refractivity contribution in [2.45, 2.75) is 0 Å². The van der Waals surface area contributed by atoms with Crippen LogP contribution in [0.2, 0.25) is 0 Å². The van der Waals surface area contributed by atoms with Gasteiger partial charge in [-0.1, -0.05) is 127 Å². The Hall–Kier alpha value is -7.05. The fourth-order valence-corrected chi connectivity index (χ4v) is 7.54. The Morgan fingerprint density at radius 2 is 0.839 bits per heavy atom. The van der Waals surface area contributed by atoms with Gasteiger partial charge in [0.1, 0.15) is 5.82 Å². The molecule has 9 rings (SSSR count). The van der Waals surface area contributed by atoms with Crippen LogP contribution >= 0.6 is 0 Å². The van der Waals surface area contributed by atoms with Crippen LogP contribution in [0.3, 0.4) is 0 Å². The van der Waals surface area contributed by atoms with E-state index in [1.54, 1.807) is 60.7 Å². The molecule has 0 unspecified atom stereocenters. The molecule has 1 nitrogen and oxygen atoms in total. The molecule has 0 aliphatic heterocycles. The van der Waals surface area contributed by atoms with Crippen LogP contribution in [0, 0.1) is 29.1 Å². The molecule has 9 aromatic rings. The monoisotopic (exact) mass is 741 g/mol. The zero-order valence-electron chi connectivity index (χ0n) is 31.5. The lowest BCUT2D eigenvalue weighted by molar-refractivity contribution is 0.456. The predicted molar refractivity (Wildman–Crippen MR) is 220 cm³/mol. The Morgan fingerprint density at radius 1 is 0.375 bits per heavy atom. The fraction of sp³-hybridized carbons (Fsp3) is 0. The van der Waals surface area contributed by atoms with Crippen LogP contribution in [-0.2, 0) is 0 Å². The van der Waals surface area contributed by atoms with Crippen molar-refractivity contribution < 1.29 is 24.7 Å². The molecule has 0 bridgehead atoms. The van der Waals surface area contributed by atoms with E-state index in [9.17, 15) is 4.39 Å². The van der Waals surface area contributed by atoms with E-state index in [0.717, 1.165) is 27.6 Å². The highest BCUT2D eigenvalue weighted by molar-refractivity contribution is 6.23. The lowest BCUT2D eigenvalue weighted by Gasteiger charge is -2.25. The summed E-state index contributed by atoms with van der Waals surface area (Å²) >= 11 is 0. The van der Waals surface area contributed by atoms with Crippen LogP contribution in [0.25, 0.3) is 66.7 Å². The molecule has 56 heavy (non-hydrogen) atoms. The molecule has 0 heterocycles. The third kappa shape index (κ3) is 5.96. The third-order valence-electron chi connectivity index (χ3n) is 10.1. The average molecular weight is 742 g/mol. The van der Waals surface area contributed by atoms with Gasteiger partial charge in [0.25, 0.3) is 0 Å². The summed E-state index contributed by atoms with van der Waals surface area (Å²) in [6.45, 7) is 0. The quantitative estimate of drug-likeness (QED) is 0.0680. The van der Waals surface area contributed by atoms with Crippen LogP contribution < -0.4 is 4.90 Å². The molecule has 0 fully saturated rings. The van der Waals surface area contributed by atoms with Gasteiger partial charge in [-0.25, -0.2) is 22.0 Å². The minimum absolute atomic E-state index is 0.0316. The van der Waals surface area contributed by atoms with Crippen molar-refractivity contribution in [1.82, 2.24) is 0 Å². The van der Waals surface area contributed by atoms with Crippen molar-refractivity contribution in [1.29, 1.82) is 0 Å². The van der Waals surface area contributed by atoms with Crippen molar-refractivity contribution in [2.75, 3.05) is 4.90 Å². The van der Waals surface area contributed by atoms with Crippen LogP contribution in [0.1, 0.15) is 13.9 Å². The second kappa shape index (κ2) is 14.3. The highest BCUT2D eigenvalue weighted by Gasteiger charge is 2.29. The van der Waals surface area contributed by atoms with E-state index in [4.69, 9.17) is 2.74 Å². The van der Waals surface area contributed by atoms with Gasteiger partial charge in [-0.2, -0.15) is 0 Å². The number of halogens is 5. The van der Waals surface area contributed by atoms with Gasteiger partial charge in [-0.3, -0.25) is 0 Å². The van der Waals surface area contributed by atoms with Gasteiger partial charge >= 0.3 is 0 Å². The maximum absolute atomic E-state index is 16.6. The largest absolute Gasteiger partial charge is 0.311 e. The maximum Gasteiger partial charge on any atom is 0.170 e. The highest BCUT2D eigenvalue weighted by Crippen LogP contribution is 2.47. The Labute approximate surface area is 322 Å². The molecule has 0 saturated carbocycles. The van der Waals surface area contributed by atoms with Crippen molar-refractivity contribution >= 4 is 61.5 Å². The van der Waals surface area contributed by atoms with E-state index in [0.29, 0.717) is 32.9 Å². The van der Waals surface area contributed by atoms with E-state index in [1.807, 2.05) is 89.8 Å². The molecule has 0 radical (unpaired) electrons. The van der Waals surface area contributed by atoms with Crippen LogP contribution in [0.4, 0.5) is 39.0 Å². The molecule has 0 spiro atoms. The van der Waals surface area contributed by atoms with Gasteiger partial charge in [0.15, 0.2) is 23.3 Å². The first-order valence-electron chi connectivity index (χ1n) is 18.9. The lowest BCUT2D eigenvalue weighted by atomic mass is 9.84. The minimum Gasteiger partial charge on any atom is -0.311 e. The predicted octanol–water partition coefficient (Wildman–Crippen LogP) is 14.8. The zero-order valence-corrected chi connectivity index (χ0v) is 29.5. The summed E-state index contributed by atoms with van der Waals surface area (Å²) in [5.74, 6) is -7.31. The number of fused-ring (bicyclic) bond motifs is 3. The average Bonchev–Trinajstić information content (AvgIpc) is 3.26. The molecule has 0 atom stereocenters. The number of hydrogen-bond acceptors (Lipinski definition) is 1. The standard InChI is InChI=1S/C50H30F5N/c51-33-24-28-36(29-25-33)56(34-13-2-1-3-14-34)35-26-21-31(22-27-35)23-30-43-47(52)49(54)46(50(55)48(43)53)45-41-18-8-6-16-39(41)44(40-17-7-9-19-42(40)45)38-20-10-12-32-11-4-5-15-37(32)38/h1-30H/b30-23+/i23D,30D. The lowest BCUT2D eigenvalue weighted by Crippen LogP contribution is -2.09. The van der Waals surface area contributed by atoms with Crippen molar-refractivity contribution in [3.63, 3.8) is 0 Å². The second-order valence-electron chi connectivity index (χ2n) is 13.3. The molecule has 0 aliphatic rings. The van der Waals surface area contributed by atoms with E-state index < -0.39 is 52.3 Å². The first-order valence-corrected chi connectivity index (χ1v) is 17.9. The molecule has 0 saturated heterocycles. The Bertz CT molecular complexity index is 2980. The Morgan fingerprint density at radius 3 is 1.43 bits per heavy atom. The highest BCUT2D eigenvalue weighted by atomic mass is 19.2. The van der Waals surface area contributed by atoms with Crippen molar-refractivity contribution in [2.24, 2.45) is 0 Å². The molecule has 9 aromatic carbocycles. The van der Waals surface area contributed by atoms with Gasteiger partial charge in [-0.05, 0) is 104 Å². The van der Waals surface area contributed by atoms with Crippen LogP contribution in [0.5, 0.6) is 0 Å². The second-order valence-corrected chi connectivity index (χ2v) is 13.3. The normalized spacial score (nSPS) is 12.4. The molecule has 0 aliphatic carbocycles. The zero-order chi connectivity index (χ0) is 40.1. The molecule has 0 aromatic heterocycles. The smallest absolute Gasteiger partial charge is 0.170 e. The van der Waals surface area contributed by atoms with Crippen molar-refractivity contribution in [3.05, 3.63) is 210 Å². The molecular formula is C50H30F5N. The molecule has 6 heteroatoms. The van der Waals surface area contributed by atoms with Gasteiger partial charge in [-0.15, -0.1) is 0 Å². The molecule has 270 valence electrons. The van der Waals surface area contributed by atoms with Gasteiger partial charge in [0.05, 0.1) is 13.9 Å². The van der Waals surface area contributed by atoms with E-state index in [-0.39, 0.29) is 11.1 Å².